The van der Waals surface area contributed by atoms with Gasteiger partial charge in [-0.3, -0.25) is 14.4 Å². The molecule has 6 nitrogen and oxygen atoms in total. The first-order chi connectivity index (χ1) is 11.9. The van der Waals surface area contributed by atoms with Crippen LogP contribution in [-0.4, -0.2) is 33.7 Å². The molecule has 1 saturated heterocycles. The Morgan fingerprint density at radius 2 is 2.24 bits per heavy atom. The van der Waals surface area contributed by atoms with Crippen LogP contribution < -0.4 is 5.73 Å². The summed E-state index contributed by atoms with van der Waals surface area (Å²) in [6, 6.07) is 6.33. The molecule has 0 spiro atoms. The second-order valence-corrected chi connectivity index (χ2v) is 6.54. The zero-order chi connectivity index (χ0) is 18.1. The number of aromatic nitrogens is 2. The highest BCUT2D eigenvalue weighted by atomic mass is 19.1. The van der Waals surface area contributed by atoms with E-state index in [0.29, 0.717) is 30.8 Å². The molecular weight excluding hydrogens is 321 g/mol. The zero-order valence-corrected chi connectivity index (χ0v) is 14.2. The lowest BCUT2D eigenvalue weighted by Gasteiger charge is -2.16. The predicted molar refractivity (Wildman–Crippen MR) is 89.8 cm³/mol. The fourth-order valence-electron chi connectivity index (χ4n) is 3.50. The van der Waals surface area contributed by atoms with Gasteiger partial charge in [0, 0.05) is 43.9 Å². The van der Waals surface area contributed by atoms with Crippen molar-refractivity contribution >= 4 is 5.91 Å². The molecule has 1 amide bonds. The van der Waals surface area contributed by atoms with Crippen molar-refractivity contribution in [2.75, 3.05) is 13.1 Å². The van der Waals surface area contributed by atoms with Crippen molar-refractivity contribution in [3.05, 3.63) is 52.6 Å². The third-order valence-electron chi connectivity index (χ3n) is 5.00. The molecule has 2 N–H and O–H groups in total. The first kappa shape index (κ1) is 17.1. The summed E-state index contributed by atoms with van der Waals surface area (Å²) in [4.78, 5) is 13.9. The normalized spacial score (nSPS) is 20.6. The van der Waals surface area contributed by atoms with Crippen molar-refractivity contribution < 1.29 is 9.18 Å². The Kier molecular flexibility index (Phi) is 4.55. The summed E-state index contributed by atoms with van der Waals surface area (Å²) in [6.45, 7) is 3.35. The maximum atomic E-state index is 14.1. The van der Waals surface area contributed by atoms with E-state index in [1.54, 1.807) is 16.9 Å². The molecule has 3 rings (SSSR count). The highest BCUT2D eigenvalue weighted by Crippen LogP contribution is 2.35. The van der Waals surface area contributed by atoms with E-state index in [-0.39, 0.29) is 23.6 Å². The highest BCUT2D eigenvalue weighted by molar-refractivity contribution is 5.78. The molecule has 0 aliphatic carbocycles. The molecule has 130 valence electrons. The van der Waals surface area contributed by atoms with Crippen LogP contribution in [0.2, 0.25) is 0 Å². The van der Waals surface area contributed by atoms with Crippen molar-refractivity contribution in [1.29, 1.82) is 5.26 Å². The number of hydrogen-bond acceptors (Lipinski definition) is 4. The number of hydrogen-bond donors (Lipinski definition) is 1. The fraction of sp³-hybridized carbons (Fsp3) is 0.389. The van der Waals surface area contributed by atoms with Crippen LogP contribution in [0.4, 0.5) is 4.39 Å². The smallest absolute Gasteiger partial charge is 0.222 e. The van der Waals surface area contributed by atoms with Crippen LogP contribution in [0.1, 0.15) is 28.3 Å². The fourth-order valence-corrected chi connectivity index (χ4v) is 3.50. The minimum atomic E-state index is -0.359. The Labute approximate surface area is 145 Å². The number of nitrogens with zero attached hydrogens (tertiary/aromatic N) is 4. The lowest BCUT2D eigenvalue weighted by molar-refractivity contribution is -0.121. The van der Waals surface area contributed by atoms with Gasteiger partial charge in [0.15, 0.2) is 0 Å². The summed E-state index contributed by atoms with van der Waals surface area (Å²) in [5.74, 6) is -1.11. The summed E-state index contributed by atoms with van der Waals surface area (Å²) >= 11 is 0. The number of amides is 1. The summed E-state index contributed by atoms with van der Waals surface area (Å²) in [6.07, 6.45) is 1.77. The minimum Gasteiger partial charge on any atom is -0.369 e. The van der Waals surface area contributed by atoms with E-state index in [1.807, 2.05) is 24.9 Å². The Bertz CT molecular complexity index is 854. The molecule has 0 unspecified atom stereocenters. The van der Waals surface area contributed by atoms with Crippen molar-refractivity contribution in [3.8, 4) is 6.07 Å². The molecule has 1 aromatic heterocycles. The summed E-state index contributed by atoms with van der Waals surface area (Å²) < 4.78 is 15.8. The topological polar surface area (TPSA) is 87.9 Å². The number of nitriles is 1. The van der Waals surface area contributed by atoms with E-state index >= 15 is 0 Å². The minimum absolute atomic E-state index is 0.0617. The molecule has 1 aliphatic heterocycles. The SMILES string of the molecule is Cc1c([C@H]2CN(Cc3cc(C#N)ccc3F)C[C@@H]2C(N)=O)cnn1C. The molecule has 0 radical (unpaired) electrons. The average molecular weight is 341 g/mol. The van der Waals surface area contributed by atoms with Crippen molar-refractivity contribution in [1.82, 2.24) is 14.7 Å². The summed E-state index contributed by atoms with van der Waals surface area (Å²) in [7, 11) is 1.85. The molecule has 2 atom stereocenters. The van der Waals surface area contributed by atoms with E-state index in [1.165, 1.54) is 12.1 Å². The molecule has 0 bridgehead atoms. The third kappa shape index (κ3) is 3.26. The molecule has 2 aromatic rings. The Hall–Kier alpha value is -2.72. The van der Waals surface area contributed by atoms with Gasteiger partial charge in [0.25, 0.3) is 0 Å². The van der Waals surface area contributed by atoms with Crippen LogP contribution in [0.3, 0.4) is 0 Å². The Balaban J connectivity index is 1.85. The third-order valence-corrected chi connectivity index (χ3v) is 5.00. The van der Waals surface area contributed by atoms with E-state index in [9.17, 15) is 9.18 Å². The number of benzene rings is 1. The van der Waals surface area contributed by atoms with Crippen LogP contribution in [0.25, 0.3) is 0 Å². The number of nitrogens with two attached hydrogens (primary N) is 1. The monoisotopic (exact) mass is 341 g/mol. The van der Waals surface area contributed by atoms with Gasteiger partial charge in [-0.15, -0.1) is 0 Å². The Morgan fingerprint density at radius 3 is 2.84 bits per heavy atom. The lowest BCUT2D eigenvalue weighted by atomic mass is 9.89. The highest BCUT2D eigenvalue weighted by Gasteiger charge is 2.39. The number of aryl methyl sites for hydroxylation is 1. The van der Waals surface area contributed by atoms with E-state index < -0.39 is 0 Å². The zero-order valence-electron chi connectivity index (χ0n) is 14.2. The first-order valence-corrected chi connectivity index (χ1v) is 8.09. The van der Waals surface area contributed by atoms with Gasteiger partial charge in [-0.05, 0) is 30.7 Å². The number of halogens is 1. The molecule has 2 heterocycles. The number of primary amides is 1. The first-order valence-electron chi connectivity index (χ1n) is 8.09. The largest absolute Gasteiger partial charge is 0.369 e. The average Bonchev–Trinajstić information content (AvgIpc) is 3.14. The van der Waals surface area contributed by atoms with Crippen LogP contribution in [-0.2, 0) is 18.4 Å². The van der Waals surface area contributed by atoms with E-state index in [2.05, 4.69) is 5.10 Å². The van der Waals surface area contributed by atoms with Crippen molar-refractivity contribution in [2.45, 2.75) is 19.4 Å². The van der Waals surface area contributed by atoms with Gasteiger partial charge in [-0.1, -0.05) is 0 Å². The molecule has 1 aromatic carbocycles. The molecule has 1 aliphatic rings. The number of rotatable bonds is 4. The number of carbonyl (C=O) groups is 1. The second kappa shape index (κ2) is 6.65. The molecule has 0 saturated carbocycles. The van der Waals surface area contributed by atoms with Crippen molar-refractivity contribution in [2.24, 2.45) is 18.7 Å². The maximum absolute atomic E-state index is 14.1. The molecule has 1 fully saturated rings. The quantitative estimate of drug-likeness (QED) is 0.911. The van der Waals surface area contributed by atoms with Crippen LogP contribution >= 0.6 is 0 Å². The van der Waals surface area contributed by atoms with Gasteiger partial charge in [-0.2, -0.15) is 10.4 Å². The van der Waals surface area contributed by atoms with Gasteiger partial charge in [0.05, 0.1) is 23.7 Å². The van der Waals surface area contributed by atoms with Crippen LogP contribution in [0.5, 0.6) is 0 Å². The Morgan fingerprint density at radius 1 is 1.48 bits per heavy atom. The van der Waals surface area contributed by atoms with Gasteiger partial charge >= 0.3 is 0 Å². The molecular formula is C18H20FN5O. The van der Waals surface area contributed by atoms with E-state index in [4.69, 9.17) is 11.0 Å². The van der Waals surface area contributed by atoms with Gasteiger partial charge < -0.3 is 5.73 Å². The number of carbonyl (C=O) groups excluding carboxylic acids is 1. The summed E-state index contributed by atoms with van der Waals surface area (Å²) in [5.41, 5.74) is 8.47. The maximum Gasteiger partial charge on any atom is 0.222 e. The second-order valence-electron chi connectivity index (χ2n) is 6.54. The lowest BCUT2D eigenvalue weighted by Crippen LogP contribution is -2.29. The van der Waals surface area contributed by atoms with Gasteiger partial charge in [0.1, 0.15) is 5.82 Å². The molecule has 25 heavy (non-hydrogen) atoms. The van der Waals surface area contributed by atoms with Crippen molar-refractivity contribution in [3.63, 3.8) is 0 Å². The van der Waals surface area contributed by atoms with E-state index in [0.717, 1.165) is 11.3 Å². The summed E-state index contributed by atoms with van der Waals surface area (Å²) in [5, 5.41) is 13.2. The van der Waals surface area contributed by atoms with Gasteiger partial charge in [-0.25, -0.2) is 4.39 Å². The van der Waals surface area contributed by atoms with Gasteiger partial charge in [0.2, 0.25) is 5.91 Å². The molecule has 7 heteroatoms. The van der Waals surface area contributed by atoms with Crippen LogP contribution in [0, 0.1) is 30.0 Å². The number of likely N-dealkylation sites (tertiary alicyclic amines) is 1. The van der Waals surface area contributed by atoms with Crippen LogP contribution in [0.15, 0.2) is 24.4 Å². The standard InChI is InChI=1S/C18H20FN5O/c1-11-14(7-22-23(11)2)15-9-24(10-16(15)18(21)25)8-13-5-12(6-20)3-4-17(13)19/h3-5,7,15-16H,8-10H2,1-2H3,(H2,21,25)/t15-,16+/m1/s1. The predicted octanol–water partition coefficient (Wildman–Crippen LogP) is 1.44.